The zero-order chi connectivity index (χ0) is 19.8. The molecule has 2 aromatic carbocycles. The van der Waals surface area contributed by atoms with Gasteiger partial charge in [0.05, 0.1) is 11.5 Å². The maximum atomic E-state index is 12.9. The van der Waals surface area contributed by atoms with Gasteiger partial charge >= 0.3 is 6.18 Å². The molecule has 2 amide bonds. The van der Waals surface area contributed by atoms with Crippen LogP contribution >= 0.6 is 0 Å². The number of amides is 2. The van der Waals surface area contributed by atoms with E-state index in [0.29, 0.717) is 5.69 Å². The third kappa shape index (κ3) is 4.13. The summed E-state index contributed by atoms with van der Waals surface area (Å²) in [5, 5.41) is 2.78. The number of hydrogen-bond acceptors (Lipinski definition) is 2. The fourth-order valence-corrected chi connectivity index (χ4v) is 3.05. The predicted molar refractivity (Wildman–Crippen MR) is 96.4 cm³/mol. The molecule has 142 valence electrons. The molecule has 0 radical (unpaired) electrons. The van der Waals surface area contributed by atoms with E-state index in [-0.39, 0.29) is 30.5 Å². The van der Waals surface area contributed by atoms with Crippen molar-refractivity contribution in [2.75, 3.05) is 16.8 Å². The summed E-state index contributed by atoms with van der Waals surface area (Å²) in [5.74, 6) is -1.30. The summed E-state index contributed by atoms with van der Waals surface area (Å²) >= 11 is 0. The Morgan fingerprint density at radius 3 is 2.52 bits per heavy atom. The number of nitrogens with one attached hydrogen (secondary N) is 1. The standard InChI is InChI=1S/C20H19F3N2O2/c1-12-6-7-16(8-13(12)2)24-19(27)14-9-18(26)25(11-14)17-5-3-4-15(10-17)20(21,22)23/h3-8,10,14H,9,11H2,1-2H3,(H,24,27). The fourth-order valence-electron chi connectivity index (χ4n) is 3.05. The van der Waals surface area contributed by atoms with E-state index in [1.54, 1.807) is 6.07 Å². The van der Waals surface area contributed by atoms with Gasteiger partial charge in [-0.2, -0.15) is 13.2 Å². The van der Waals surface area contributed by atoms with Gasteiger partial charge in [0.15, 0.2) is 0 Å². The lowest BCUT2D eigenvalue weighted by Gasteiger charge is -2.18. The van der Waals surface area contributed by atoms with Gasteiger partial charge in [-0.1, -0.05) is 12.1 Å². The van der Waals surface area contributed by atoms with E-state index in [1.165, 1.54) is 17.0 Å². The third-order valence-corrected chi connectivity index (χ3v) is 4.76. The first-order valence-electron chi connectivity index (χ1n) is 8.51. The Labute approximate surface area is 155 Å². The fraction of sp³-hybridized carbons (Fsp3) is 0.300. The summed E-state index contributed by atoms with van der Waals surface area (Å²) in [4.78, 5) is 26.0. The number of rotatable bonds is 3. The zero-order valence-electron chi connectivity index (χ0n) is 14.9. The molecule has 1 N–H and O–H groups in total. The molecule has 1 heterocycles. The SMILES string of the molecule is Cc1ccc(NC(=O)C2CC(=O)N(c3cccc(C(F)(F)F)c3)C2)cc1C. The van der Waals surface area contributed by atoms with Crippen LogP contribution in [0.4, 0.5) is 24.5 Å². The van der Waals surface area contributed by atoms with Crippen LogP contribution in [0.25, 0.3) is 0 Å². The largest absolute Gasteiger partial charge is 0.416 e. The highest BCUT2D eigenvalue weighted by Gasteiger charge is 2.37. The van der Waals surface area contributed by atoms with Gasteiger partial charge in [-0.25, -0.2) is 0 Å². The predicted octanol–water partition coefficient (Wildman–Crippen LogP) is 4.31. The molecule has 0 bridgehead atoms. The lowest BCUT2D eigenvalue weighted by atomic mass is 10.1. The zero-order valence-corrected chi connectivity index (χ0v) is 14.9. The topological polar surface area (TPSA) is 49.4 Å². The van der Waals surface area contributed by atoms with Crippen LogP contribution in [0, 0.1) is 19.8 Å². The Balaban J connectivity index is 1.73. The number of anilines is 2. The number of carbonyl (C=O) groups is 2. The Morgan fingerprint density at radius 2 is 1.85 bits per heavy atom. The van der Waals surface area contributed by atoms with Crippen LogP contribution in [0.15, 0.2) is 42.5 Å². The quantitative estimate of drug-likeness (QED) is 0.868. The molecule has 4 nitrogen and oxygen atoms in total. The normalized spacial score (nSPS) is 17.3. The average Bonchev–Trinajstić information content (AvgIpc) is 2.99. The summed E-state index contributed by atoms with van der Waals surface area (Å²) in [5.41, 5.74) is 2.08. The van der Waals surface area contributed by atoms with Gasteiger partial charge in [-0.15, -0.1) is 0 Å². The van der Waals surface area contributed by atoms with Crippen molar-refractivity contribution in [2.24, 2.45) is 5.92 Å². The van der Waals surface area contributed by atoms with E-state index in [0.717, 1.165) is 23.3 Å². The molecule has 1 fully saturated rings. The monoisotopic (exact) mass is 376 g/mol. The maximum absolute atomic E-state index is 12.9. The highest BCUT2D eigenvalue weighted by atomic mass is 19.4. The second-order valence-corrected chi connectivity index (χ2v) is 6.74. The van der Waals surface area contributed by atoms with Crippen molar-refractivity contribution < 1.29 is 22.8 Å². The molecule has 7 heteroatoms. The second kappa shape index (κ2) is 7.06. The van der Waals surface area contributed by atoms with Gasteiger partial charge in [0.25, 0.3) is 0 Å². The molecule has 0 aliphatic carbocycles. The van der Waals surface area contributed by atoms with Crippen molar-refractivity contribution in [3.8, 4) is 0 Å². The van der Waals surface area contributed by atoms with Crippen LogP contribution in [-0.4, -0.2) is 18.4 Å². The number of benzene rings is 2. The maximum Gasteiger partial charge on any atom is 0.416 e. The van der Waals surface area contributed by atoms with Gasteiger partial charge < -0.3 is 10.2 Å². The lowest BCUT2D eigenvalue weighted by Crippen LogP contribution is -2.28. The Hall–Kier alpha value is -2.83. The van der Waals surface area contributed by atoms with Crippen LogP contribution in [0.1, 0.15) is 23.1 Å². The molecule has 1 aliphatic heterocycles. The molecule has 2 aromatic rings. The Bertz CT molecular complexity index is 893. The van der Waals surface area contributed by atoms with Crippen molar-refractivity contribution in [1.82, 2.24) is 0 Å². The van der Waals surface area contributed by atoms with Crippen LogP contribution in [0.2, 0.25) is 0 Å². The molecule has 27 heavy (non-hydrogen) atoms. The minimum atomic E-state index is -4.49. The van der Waals surface area contributed by atoms with E-state index in [9.17, 15) is 22.8 Å². The number of nitrogens with zero attached hydrogens (tertiary/aromatic N) is 1. The smallest absolute Gasteiger partial charge is 0.326 e. The number of aryl methyl sites for hydroxylation is 2. The van der Waals surface area contributed by atoms with E-state index < -0.39 is 17.7 Å². The average molecular weight is 376 g/mol. The summed E-state index contributed by atoms with van der Waals surface area (Å²) in [7, 11) is 0. The van der Waals surface area contributed by atoms with Crippen molar-refractivity contribution in [3.63, 3.8) is 0 Å². The number of alkyl halides is 3. The molecule has 1 unspecified atom stereocenters. The van der Waals surface area contributed by atoms with Crippen LogP contribution in [0.5, 0.6) is 0 Å². The number of carbonyl (C=O) groups excluding carboxylic acids is 2. The van der Waals surface area contributed by atoms with Gasteiger partial charge in [0, 0.05) is 24.3 Å². The molecule has 1 aliphatic rings. The summed E-state index contributed by atoms with van der Waals surface area (Å²) in [6.07, 6.45) is -4.52. The van der Waals surface area contributed by atoms with Crippen molar-refractivity contribution in [3.05, 3.63) is 59.2 Å². The second-order valence-electron chi connectivity index (χ2n) is 6.74. The number of hydrogen-bond donors (Lipinski definition) is 1. The minimum absolute atomic E-state index is 0.0348. The summed E-state index contributed by atoms with van der Waals surface area (Å²) in [6.45, 7) is 3.94. The van der Waals surface area contributed by atoms with Crippen molar-refractivity contribution >= 4 is 23.2 Å². The van der Waals surface area contributed by atoms with Gasteiger partial charge in [0.1, 0.15) is 0 Å². The summed E-state index contributed by atoms with van der Waals surface area (Å²) < 4.78 is 38.7. The first-order chi connectivity index (χ1) is 12.6. The molecule has 0 spiro atoms. The van der Waals surface area contributed by atoms with Crippen LogP contribution in [-0.2, 0) is 15.8 Å². The van der Waals surface area contributed by atoms with Gasteiger partial charge in [-0.05, 0) is 55.3 Å². The van der Waals surface area contributed by atoms with Crippen molar-refractivity contribution in [2.45, 2.75) is 26.4 Å². The molecule has 1 atom stereocenters. The Kier molecular flexibility index (Phi) is 4.95. The first-order valence-corrected chi connectivity index (χ1v) is 8.51. The van der Waals surface area contributed by atoms with Crippen molar-refractivity contribution in [1.29, 1.82) is 0 Å². The van der Waals surface area contributed by atoms with Crippen LogP contribution < -0.4 is 10.2 Å². The van der Waals surface area contributed by atoms with E-state index in [2.05, 4.69) is 5.32 Å². The van der Waals surface area contributed by atoms with Gasteiger partial charge in [0.2, 0.25) is 11.8 Å². The highest BCUT2D eigenvalue weighted by Crippen LogP contribution is 2.33. The molecule has 3 rings (SSSR count). The molecular formula is C20H19F3N2O2. The lowest BCUT2D eigenvalue weighted by molar-refractivity contribution is -0.137. The van der Waals surface area contributed by atoms with Crippen LogP contribution in [0.3, 0.4) is 0 Å². The Morgan fingerprint density at radius 1 is 1.11 bits per heavy atom. The summed E-state index contributed by atoms with van der Waals surface area (Å²) in [6, 6.07) is 10.1. The van der Waals surface area contributed by atoms with Gasteiger partial charge in [-0.3, -0.25) is 9.59 Å². The molecule has 0 aromatic heterocycles. The third-order valence-electron chi connectivity index (χ3n) is 4.76. The van der Waals surface area contributed by atoms with E-state index >= 15 is 0 Å². The molecular weight excluding hydrogens is 357 g/mol. The minimum Gasteiger partial charge on any atom is -0.326 e. The molecule has 0 saturated carbocycles. The number of halogens is 3. The van der Waals surface area contributed by atoms with E-state index in [4.69, 9.17) is 0 Å². The first kappa shape index (κ1) is 18.9. The molecule has 1 saturated heterocycles. The highest BCUT2D eigenvalue weighted by molar-refractivity contribution is 6.03. The van der Waals surface area contributed by atoms with E-state index in [1.807, 2.05) is 26.0 Å².